The number of carbonyl (C=O) groups is 1. The zero-order valence-electron chi connectivity index (χ0n) is 12.3. The molecular formula is C14H20N4O3. The molecule has 21 heavy (non-hydrogen) atoms. The van der Waals surface area contributed by atoms with Crippen molar-refractivity contribution in [1.29, 1.82) is 0 Å². The Hall–Kier alpha value is -2.31. The van der Waals surface area contributed by atoms with Crippen molar-refractivity contribution >= 4 is 5.91 Å². The molecule has 0 saturated heterocycles. The summed E-state index contributed by atoms with van der Waals surface area (Å²) in [4.78, 5) is 15.4. The highest BCUT2D eigenvalue weighted by Gasteiger charge is 2.16. The Bertz CT molecular complexity index is 603. The minimum Gasteiger partial charge on any atom is -0.465 e. The van der Waals surface area contributed by atoms with Crippen molar-refractivity contribution in [1.82, 2.24) is 14.8 Å². The Balaban J connectivity index is 2.29. The molecule has 0 radical (unpaired) electrons. The smallest absolute Gasteiger partial charge is 0.284 e. The number of nitrogens with zero attached hydrogens (tertiary/aromatic N) is 3. The lowest BCUT2D eigenvalue weighted by atomic mass is 10.3. The molecule has 0 unspecified atom stereocenters. The normalized spacial score (nSPS) is 10.8. The number of rotatable bonds is 8. The average molecular weight is 292 g/mol. The van der Waals surface area contributed by atoms with Gasteiger partial charge in [0.15, 0.2) is 17.4 Å². The number of nitrogens with two attached hydrogens (primary N) is 1. The first kappa shape index (κ1) is 15.1. The van der Waals surface area contributed by atoms with Crippen LogP contribution in [0.1, 0.15) is 32.5 Å². The summed E-state index contributed by atoms with van der Waals surface area (Å²) in [5.74, 6) is 1.55. The van der Waals surface area contributed by atoms with E-state index in [-0.39, 0.29) is 6.42 Å². The molecule has 7 heteroatoms. The Morgan fingerprint density at radius 1 is 1.43 bits per heavy atom. The van der Waals surface area contributed by atoms with Crippen molar-refractivity contribution < 1.29 is 13.9 Å². The SMILES string of the molecule is CCCCn1nc(CC(N)=O)nc1-c1ccc(OCC)o1. The average Bonchev–Trinajstić information content (AvgIpc) is 3.03. The van der Waals surface area contributed by atoms with Crippen LogP contribution in [0, 0.1) is 0 Å². The van der Waals surface area contributed by atoms with Gasteiger partial charge in [-0.3, -0.25) is 4.79 Å². The first-order valence-corrected chi connectivity index (χ1v) is 7.09. The van der Waals surface area contributed by atoms with Crippen molar-refractivity contribution in [2.24, 2.45) is 5.73 Å². The molecule has 1 amide bonds. The summed E-state index contributed by atoms with van der Waals surface area (Å²) in [6, 6.07) is 3.52. The van der Waals surface area contributed by atoms with E-state index in [1.807, 2.05) is 6.92 Å². The van der Waals surface area contributed by atoms with Crippen molar-refractivity contribution in [2.45, 2.75) is 39.7 Å². The second-order valence-corrected chi connectivity index (χ2v) is 4.62. The fourth-order valence-electron chi connectivity index (χ4n) is 1.93. The summed E-state index contributed by atoms with van der Waals surface area (Å²) >= 11 is 0. The molecule has 2 aromatic rings. The molecule has 7 nitrogen and oxygen atoms in total. The number of primary amides is 1. The third-order valence-corrected chi connectivity index (χ3v) is 2.86. The molecular weight excluding hydrogens is 272 g/mol. The largest absolute Gasteiger partial charge is 0.465 e. The van der Waals surface area contributed by atoms with Crippen LogP contribution >= 0.6 is 0 Å². The van der Waals surface area contributed by atoms with Gasteiger partial charge in [0.2, 0.25) is 5.91 Å². The minimum absolute atomic E-state index is 0.0190. The Labute approximate surface area is 123 Å². The molecule has 0 bridgehead atoms. The van der Waals surface area contributed by atoms with Crippen LogP contribution in [-0.2, 0) is 17.8 Å². The molecule has 0 saturated carbocycles. The molecule has 0 aliphatic carbocycles. The number of hydrogen-bond donors (Lipinski definition) is 1. The topological polar surface area (TPSA) is 96.2 Å². The Kier molecular flexibility index (Phi) is 4.97. The van der Waals surface area contributed by atoms with E-state index in [1.54, 1.807) is 16.8 Å². The van der Waals surface area contributed by atoms with Crippen molar-refractivity contribution in [3.63, 3.8) is 0 Å². The molecule has 0 aliphatic rings. The zero-order chi connectivity index (χ0) is 15.2. The second kappa shape index (κ2) is 6.92. The van der Waals surface area contributed by atoms with Crippen LogP contribution in [0.5, 0.6) is 5.95 Å². The number of carbonyl (C=O) groups excluding carboxylic acids is 1. The molecule has 2 N–H and O–H groups in total. The van der Waals surface area contributed by atoms with Crippen LogP contribution in [0.3, 0.4) is 0 Å². The van der Waals surface area contributed by atoms with Crippen LogP contribution in [0.15, 0.2) is 16.5 Å². The van der Waals surface area contributed by atoms with Crippen LogP contribution < -0.4 is 10.5 Å². The molecule has 0 fully saturated rings. The molecule has 0 aromatic carbocycles. The highest BCUT2D eigenvalue weighted by Crippen LogP contribution is 2.25. The first-order valence-electron chi connectivity index (χ1n) is 7.09. The second-order valence-electron chi connectivity index (χ2n) is 4.62. The van der Waals surface area contributed by atoms with Gasteiger partial charge in [-0.2, -0.15) is 5.10 Å². The quantitative estimate of drug-likeness (QED) is 0.799. The van der Waals surface area contributed by atoms with E-state index < -0.39 is 5.91 Å². The molecule has 2 heterocycles. The van der Waals surface area contributed by atoms with E-state index in [0.717, 1.165) is 12.8 Å². The van der Waals surface area contributed by atoms with Gasteiger partial charge in [-0.1, -0.05) is 13.3 Å². The summed E-state index contributed by atoms with van der Waals surface area (Å²) in [5.41, 5.74) is 5.19. The third kappa shape index (κ3) is 3.84. The van der Waals surface area contributed by atoms with Gasteiger partial charge >= 0.3 is 0 Å². The number of amides is 1. The highest BCUT2D eigenvalue weighted by molar-refractivity contribution is 5.75. The predicted octanol–water partition coefficient (Wildman–Crippen LogP) is 1.76. The van der Waals surface area contributed by atoms with Crippen LogP contribution in [0.4, 0.5) is 0 Å². The zero-order valence-corrected chi connectivity index (χ0v) is 12.3. The van der Waals surface area contributed by atoms with Gasteiger partial charge in [0, 0.05) is 12.6 Å². The summed E-state index contributed by atoms with van der Waals surface area (Å²) in [7, 11) is 0. The van der Waals surface area contributed by atoms with Crippen molar-refractivity contribution in [3.8, 4) is 17.5 Å². The van der Waals surface area contributed by atoms with Gasteiger partial charge in [0.1, 0.15) is 0 Å². The maximum Gasteiger partial charge on any atom is 0.284 e. The minimum atomic E-state index is -0.455. The molecule has 2 aromatic heterocycles. The molecule has 2 rings (SSSR count). The number of hydrogen-bond acceptors (Lipinski definition) is 5. The van der Waals surface area contributed by atoms with Gasteiger partial charge < -0.3 is 14.9 Å². The first-order chi connectivity index (χ1) is 10.1. The van der Waals surface area contributed by atoms with Gasteiger partial charge in [-0.05, 0) is 19.4 Å². The monoisotopic (exact) mass is 292 g/mol. The van der Waals surface area contributed by atoms with E-state index in [1.165, 1.54) is 0 Å². The number of aromatic nitrogens is 3. The standard InChI is InChI=1S/C14H20N4O3/c1-3-5-8-18-14(16-12(17-18)9-11(15)19)10-6-7-13(21-10)20-4-2/h6-7H,3-5,8-9H2,1-2H3,(H2,15,19). The maximum absolute atomic E-state index is 11.0. The lowest BCUT2D eigenvalue weighted by Crippen LogP contribution is -2.14. The van der Waals surface area contributed by atoms with Crippen LogP contribution in [0.25, 0.3) is 11.6 Å². The molecule has 0 aliphatic heterocycles. The van der Waals surface area contributed by atoms with Gasteiger partial charge in [-0.25, -0.2) is 9.67 Å². The predicted molar refractivity (Wildman–Crippen MR) is 76.7 cm³/mol. The summed E-state index contributed by atoms with van der Waals surface area (Å²) in [6.07, 6.45) is 2.02. The van der Waals surface area contributed by atoms with Crippen molar-refractivity contribution in [3.05, 3.63) is 18.0 Å². The summed E-state index contributed by atoms with van der Waals surface area (Å²) in [6.45, 7) is 5.22. The Morgan fingerprint density at radius 2 is 2.24 bits per heavy atom. The van der Waals surface area contributed by atoms with Crippen LogP contribution in [0.2, 0.25) is 0 Å². The number of ether oxygens (including phenoxy) is 1. The highest BCUT2D eigenvalue weighted by atomic mass is 16.6. The van der Waals surface area contributed by atoms with E-state index >= 15 is 0 Å². The van der Waals surface area contributed by atoms with Crippen LogP contribution in [-0.4, -0.2) is 27.3 Å². The summed E-state index contributed by atoms with van der Waals surface area (Å²) < 4.78 is 12.6. The van der Waals surface area contributed by atoms with Gasteiger partial charge in [0.25, 0.3) is 5.95 Å². The van der Waals surface area contributed by atoms with E-state index in [0.29, 0.717) is 36.5 Å². The molecule has 0 spiro atoms. The maximum atomic E-state index is 11.0. The van der Waals surface area contributed by atoms with Gasteiger partial charge in [0.05, 0.1) is 13.0 Å². The Morgan fingerprint density at radius 3 is 2.90 bits per heavy atom. The van der Waals surface area contributed by atoms with E-state index in [2.05, 4.69) is 17.0 Å². The molecule has 114 valence electrons. The molecule has 0 atom stereocenters. The van der Waals surface area contributed by atoms with Gasteiger partial charge in [-0.15, -0.1) is 0 Å². The lowest BCUT2D eigenvalue weighted by molar-refractivity contribution is -0.117. The van der Waals surface area contributed by atoms with E-state index in [9.17, 15) is 4.79 Å². The van der Waals surface area contributed by atoms with E-state index in [4.69, 9.17) is 14.9 Å². The fraction of sp³-hybridized carbons (Fsp3) is 0.500. The number of unbranched alkanes of at least 4 members (excludes halogenated alkanes) is 1. The number of aryl methyl sites for hydroxylation is 1. The van der Waals surface area contributed by atoms with Crippen molar-refractivity contribution in [2.75, 3.05) is 6.61 Å². The lowest BCUT2D eigenvalue weighted by Gasteiger charge is -2.02. The third-order valence-electron chi connectivity index (χ3n) is 2.86. The number of furan rings is 1. The summed E-state index contributed by atoms with van der Waals surface area (Å²) in [5, 5.41) is 4.32. The fourth-order valence-corrected chi connectivity index (χ4v) is 1.93.